The van der Waals surface area contributed by atoms with Gasteiger partial charge < -0.3 is 5.32 Å². The second-order valence-electron chi connectivity index (χ2n) is 6.67. The fourth-order valence-corrected chi connectivity index (χ4v) is 3.46. The first-order valence-corrected chi connectivity index (χ1v) is 9.33. The molecule has 0 saturated carbocycles. The van der Waals surface area contributed by atoms with Gasteiger partial charge >= 0.3 is 0 Å². The summed E-state index contributed by atoms with van der Waals surface area (Å²) in [5, 5.41) is 5.85. The molecule has 0 bridgehead atoms. The molecule has 0 amide bonds. The Kier molecular flexibility index (Phi) is 4.18. The van der Waals surface area contributed by atoms with Gasteiger partial charge in [0.15, 0.2) is 11.5 Å². The largest absolute Gasteiger partial charge is 0.367 e. The monoisotopic (exact) mass is 365 g/mol. The molecule has 1 N–H and O–H groups in total. The van der Waals surface area contributed by atoms with Gasteiger partial charge in [0.2, 0.25) is 0 Å². The number of hydrogen-bond donors (Lipinski definition) is 1. The van der Waals surface area contributed by atoms with Crippen LogP contribution in [0, 0.1) is 0 Å². The average molecular weight is 365 g/mol. The van der Waals surface area contributed by atoms with Gasteiger partial charge in [-0.3, -0.25) is 9.38 Å². The lowest BCUT2D eigenvalue weighted by atomic mass is 10.1. The van der Waals surface area contributed by atoms with Crippen molar-refractivity contribution in [1.29, 1.82) is 0 Å². The van der Waals surface area contributed by atoms with Gasteiger partial charge in [0, 0.05) is 42.8 Å². The maximum absolute atomic E-state index is 4.62. The van der Waals surface area contributed by atoms with E-state index in [0.29, 0.717) is 0 Å². The van der Waals surface area contributed by atoms with Crippen LogP contribution in [-0.4, -0.2) is 25.9 Å². The van der Waals surface area contributed by atoms with Crippen LogP contribution in [0.4, 0.5) is 5.82 Å². The minimum Gasteiger partial charge on any atom is -0.367 e. The Morgan fingerprint density at radius 3 is 2.61 bits per heavy atom. The predicted molar refractivity (Wildman–Crippen MR) is 112 cm³/mol. The first-order chi connectivity index (χ1) is 13.9. The molecule has 0 spiro atoms. The molecule has 0 fully saturated rings. The van der Waals surface area contributed by atoms with Crippen molar-refractivity contribution < 1.29 is 0 Å². The van der Waals surface area contributed by atoms with E-state index in [1.165, 1.54) is 10.8 Å². The zero-order valence-corrected chi connectivity index (χ0v) is 15.3. The zero-order valence-electron chi connectivity index (χ0n) is 15.3. The van der Waals surface area contributed by atoms with E-state index in [4.69, 9.17) is 0 Å². The minimum absolute atomic E-state index is 0.752. The van der Waals surface area contributed by atoms with E-state index >= 15 is 0 Å². The molecule has 2 aromatic carbocycles. The summed E-state index contributed by atoms with van der Waals surface area (Å²) in [6.45, 7) is 0.752. The van der Waals surface area contributed by atoms with Crippen LogP contribution in [-0.2, 0) is 6.42 Å². The summed E-state index contributed by atoms with van der Waals surface area (Å²) < 4.78 is 2.08. The van der Waals surface area contributed by atoms with E-state index in [1.54, 1.807) is 0 Å². The highest BCUT2D eigenvalue weighted by molar-refractivity contribution is 5.87. The Labute approximate surface area is 162 Å². The van der Waals surface area contributed by atoms with Crippen LogP contribution in [0.2, 0.25) is 0 Å². The fraction of sp³-hybridized carbons (Fsp3) is 0.0870. The van der Waals surface area contributed by atoms with Gasteiger partial charge in [-0.15, -0.1) is 0 Å². The predicted octanol–water partition coefficient (Wildman–Crippen LogP) is 4.60. The molecule has 5 nitrogen and oxygen atoms in total. The van der Waals surface area contributed by atoms with Crippen molar-refractivity contribution in [2.75, 3.05) is 11.9 Å². The highest BCUT2D eigenvalue weighted by Crippen LogP contribution is 2.26. The topological polar surface area (TPSA) is 55.1 Å². The van der Waals surface area contributed by atoms with Gasteiger partial charge in [-0.05, 0) is 29.0 Å². The van der Waals surface area contributed by atoms with Crippen LogP contribution in [0.1, 0.15) is 5.69 Å². The van der Waals surface area contributed by atoms with Gasteiger partial charge in [0.25, 0.3) is 0 Å². The van der Waals surface area contributed by atoms with Crippen molar-refractivity contribution >= 4 is 22.2 Å². The number of imidazole rings is 1. The third-order valence-electron chi connectivity index (χ3n) is 4.87. The number of fused-ring (bicyclic) bond motifs is 2. The van der Waals surface area contributed by atoms with Gasteiger partial charge in [-0.2, -0.15) is 0 Å². The summed E-state index contributed by atoms with van der Waals surface area (Å²) in [5.74, 6) is 0.783. The highest BCUT2D eigenvalue weighted by Gasteiger charge is 2.10. The lowest BCUT2D eigenvalue weighted by Gasteiger charge is -2.08. The van der Waals surface area contributed by atoms with E-state index in [0.717, 1.165) is 41.4 Å². The molecule has 0 unspecified atom stereocenters. The van der Waals surface area contributed by atoms with Crippen molar-refractivity contribution in [3.05, 3.63) is 91.1 Å². The normalized spacial score (nSPS) is 11.1. The standard InChI is InChI=1S/C23H19N5/c1-2-6-18-15-19(9-8-17(18)5-1)21-16-27-23-22(26-13-14-28(21)23)25-12-10-20-7-3-4-11-24-20/h1-9,11,13-16H,10,12H2,(H,25,26). The zero-order chi connectivity index (χ0) is 18.8. The van der Waals surface area contributed by atoms with E-state index in [-0.39, 0.29) is 0 Å². The van der Waals surface area contributed by atoms with Gasteiger partial charge in [-0.1, -0.05) is 42.5 Å². The molecule has 0 aliphatic heterocycles. The molecular weight excluding hydrogens is 346 g/mol. The lowest BCUT2D eigenvalue weighted by molar-refractivity contribution is 0.951. The molecule has 5 aromatic rings. The Hall–Kier alpha value is -3.73. The molecule has 5 heteroatoms. The highest BCUT2D eigenvalue weighted by atomic mass is 15.1. The van der Waals surface area contributed by atoms with Gasteiger partial charge in [-0.25, -0.2) is 9.97 Å². The molecule has 3 heterocycles. The van der Waals surface area contributed by atoms with Crippen molar-refractivity contribution in [2.45, 2.75) is 6.42 Å². The number of nitrogens with zero attached hydrogens (tertiary/aromatic N) is 4. The van der Waals surface area contributed by atoms with Crippen LogP contribution in [0.5, 0.6) is 0 Å². The summed E-state index contributed by atoms with van der Waals surface area (Å²) in [6.07, 6.45) is 8.32. The number of pyridine rings is 1. The Morgan fingerprint density at radius 1 is 0.821 bits per heavy atom. The third kappa shape index (κ3) is 3.07. The molecule has 5 rings (SSSR count). The van der Waals surface area contributed by atoms with Gasteiger partial charge in [0.1, 0.15) is 0 Å². The molecule has 0 aliphatic carbocycles. The Bertz CT molecular complexity index is 1240. The maximum Gasteiger partial charge on any atom is 0.180 e. The van der Waals surface area contributed by atoms with Gasteiger partial charge in [0.05, 0.1) is 11.9 Å². The number of hydrogen-bond acceptors (Lipinski definition) is 4. The second kappa shape index (κ2) is 7.12. The summed E-state index contributed by atoms with van der Waals surface area (Å²) in [6, 6.07) is 20.8. The van der Waals surface area contributed by atoms with Crippen LogP contribution in [0.15, 0.2) is 85.5 Å². The average Bonchev–Trinajstić information content (AvgIpc) is 3.19. The summed E-state index contributed by atoms with van der Waals surface area (Å²) in [5.41, 5.74) is 4.07. The number of nitrogens with one attached hydrogen (secondary N) is 1. The summed E-state index contributed by atoms with van der Waals surface area (Å²) in [7, 11) is 0. The Balaban J connectivity index is 1.44. The molecule has 0 saturated heterocycles. The van der Waals surface area contributed by atoms with Crippen LogP contribution in [0.25, 0.3) is 27.7 Å². The van der Waals surface area contributed by atoms with Crippen molar-refractivity contribution in [2.24, 2.45) is 0 Å². The molecule has 0 atom stereocenters. The van der Waals surface area contributed by atoms with Crippen LogP contribution < -0.4 is 5.32 Å². The molecule has 28 heavy (non-hydrogen) atoms. The molecule has 3 aromatic heterocycles. The fourth-order valence-electron chi connectivity index (χ4n) is 3.46. The maximum atomic E-state index is 4.62. The first-order valence-electron chi connectivity index (χ1n) is 9.33. The molecular formula is C23H19N5. The molecule has 0 aliphatic rings. The number of rotatable bonds is 5. The first kappa shape index (κ1) is 16.4. The van der Waals surface area contributed by atoms with Crippen LogP contribution >= 0.6 is 0 Å². The quantitative estimate of drug-likeness (QED) is 0.495. The van der Waals surface area contributed by atoms with E-state index in [2.05, 4.69) is 67.1 Å². The lowest BCUT2D eigenvalue weighted by Crippen LogP contribution is -2.08. The third-order valence-corrected chi connectivity index (χ3v) is 4.87. The molecule has 136 valence electrons. The van der Waals surface area contributed by atoms with Crippen LogP contribution in [0.3, 0.4) is 0 Å². The summed E-state index contributed by atoms with van der Waals surface area (Å²) in [4.78, 5) is 13.5. The second-order valence-corrected chi connectivity index (χ2v) is 6.67. The van der Waals surface area contributed by atoms with E-state index in [9.17, 15) is 0 Å². The number of anilines is 1. The minimum atomic E-state index is 0.752. The smallest absolute Gasteiger partial charge is 0.180 e. The number of aromatic nitrogens is 4. The van der Waals surface area contributed by atoms with Crippen molar-refractivity contribution in [1.82, 2.24) is 19.4 Å². The van der Waals surface area contributed by atoms with Crippen molar-refractivity contribution in [3.8, 4) is 11.3 Å². The Morgan fingerprint density at radius 2 is 1.71 bits per heavy atom. The number of benzene rings is 2. The van der Waals surface area contributed by atoms with E-state index < -0.39 is 0 Å². The SMILES string of the molecule is c1ccc(CCNc2nccn3c(-c4ccc5ccccc5c4)cnc23)nc1. The molecule has 0 radical (unpaired) electrons. The summed E-state index contributed by atoms with van der Waals surface area (Å²) >= 11 is 0. The van der Waals surface area contributed by atoms with E-state index in [1.807, 2.05) is 43.0 Å². The van der Waals surface area contributed by atoms with Crippen molar-refractivity contribution in [3.63, 3.8) is 0 Å².